The molecule has 0 aromatic heterocycles. The predicted molar refractivity (Wildman–Crippen MR) is 91.5 cm³/mol. The van der Waals surface area contributed by atoms with E-state index in [1.54, 1.807) is 0 Å². The van der Waals surface area contributed by atoms with Gasteiger partial charge in [-0.3, -0.25) is 0 Å². The molecule has 0 N–H and O–H groups in total. The fraction of sp³-hybridized carbons (Fsp3) is 0. The van der Waals surface area contributed by atoms with Crippen LogP contribution in [0.25, 0.3) is 10.8 Å². The van der Waals surface area contributed by atoms with Crippen molar-refractivity contribution in [3.8, 4) is 0 Å². The molecule has 0 aliphatic carbocycles. The zero-order valence-electron chi connectivity index (χ0n) is 11.2. The first-order valence-corrected chi connectivity index (χ1v) is 9.42. The van der Waals surface area contributed by atoms with E-state index in [2.05, 4.69) is 55.4 Å². The zero-order valence-corrected chi connectivity index (χ0v) is 16.3. The summed E-state index contributed by atoms with van der Waals surface area (Å²) in [4.78, 5) is 0. The second-order valence-electron chi connectivity index (χ2n) is 3.23. The smallest absolute Gasteiger partial charge is 0.0809 e. The molecule has 106 valence electrons. The molecule has 0 heterocycles. The average molecular weight is 400 g/mol. The van der Waals surface area contributed by atoms with Gasteiger partial charge in [-0.15, -0.1) is 54.5 Å². The molecule has 0 unspecified atom stereocenters. The van der Waals surface area contributed by atoms with Gasteiger partial charge in [0.2, 0.25) is 0 Å². The minimum Gasteiger partial charge on any atom is -0.184 e. The maximum Gasteiger partial charge on any atom is -0.0809 e. The van der Waals surface area contributed by atoms with Crippen molar-refractivity contribution in [2.45, 2.75) is 0 Å². The molecule has 0 aliphatic heterocycles. The Morgan fingerprint density at radius 3 is 1.90 bits per heavy atom. The largest absolute Gasteiger partial charge is 0.184 e. The Labute approximate surface area is 151 Å². The minimum absolute atomic E-state index is 0. The Kier molecular flexibility index (Phi) is 20.8. The quantitative estimate of drug-likeness (QED) is 0.370. The Balaban J connectivity index is -0.000000237. The summed E-state index contributed by atoms with van der Waals surface area (Å²) in [5.74, 6) is 0. The SMILES string of the molecule is Cl.Cl.[CH3-].[Si]=[Zr].[c-]1ccccc1.c1ccc2[cH-]ccc2c1. The van der Waals surface area contributed by atoms with Gasteiger partial charge in [-0.2, -0.15) is 53.9 Å². The van der Waals surface area contributed by atoms with Crippen LogP contribution in [0.15, 0.2) is 72.8 Å². The van der Waals surface area contributed by atoms with Crippen LogP contribution in [0.1, 0.15) is 0 Å². The standard InChI is InChI=1S/C9H7.C6H5.CH3.2ClH.Si.Zr/c1-2-5-9-7-3-6-8(9)4-1;1-2-4-6-5-3-1;;;;;/h1-7H;1-5H;1H3;2*1H;;/q3*-1;;;;. The maximum atomic E-state index is 3.06. The van der Waals surface area contributed by atoms with Crippen LogP contribution < -0.4 is 0 Å². The second-order valence-corrected chi connectivity index (χ2v) is 3.23. The van der Waals surface area contributed by atoms with Crippen molar-refractivity contribution in [3.63, 3.8) is 0 Å². The van der Waals surface area contributed by atoms with Gasteiger partial charge in [-0.05, 0) is 0 Å². The average Bonchev–Trinajstić information content (AvgIpc) is 2.92. The summed E-state index contributed by atoms with van der Waals surface area (Å²) in [5.41, 5.74) is 0. The molecule has 0 saturated carbocycles. The summed E-state index contributed by atoms with van der Waals surface area (Å²) in [5, 5.41) is 2.66. The molecule has 0 spiro atoms. The molecule has 3 rings (SSSR count). The van der Waals surface area contributed by atoms with E-state index in [1.807, 2.05) is 30.3 Å². The van der Waals surface area contributed by atoms with Gasteiger partial charge in [0.05, 0.1) is 0 Å². The third kappa shape index (κ3) is 9.61. The molecule has 3 aromatic carbocycles. The molecular formula is C16H17Cl2SiZr-3. The molecular weight excluding hydrogens is 382 g/mol. The van der Waals surface area contributed by atoms with Crippen LogP contribution in [0.2, 0.25) is 0 Å². The summed E-state index contributed by atoms with van der Waals surface area (Å²) >= 11 is 1.36. The van der Waals surface area contributed by atoms with E-state index in [0.29, 0.717) is 0 Å². The van der Waals surface area contributed by atoms with E-state index >= 15 is 0 Å². The van der Waals surface area contributed by atoms with Gasteiger partial charge in [-0.25, -0.2) is 0 Å². The summed E-state index contributed by atoms with van der Waals surface area (Å²) < 4.78 is 0. The van der Waals surface area contributed by atoms with Gasteiger partial charge in [0.25, 0.3) is 0 Å². The first-order chi connectivity index (χ1) is 8.47. The predicted octanol–water partition coefficient (Wildman–Crippen LogP) is 4.96. The molecule has 0 amide bonds. The van der Waals surface area contributed by atoms with Gasteiger partial charge in [0.15, 0.2) is 0 Å². The molecule has 0 aliphatic rings. The van der Waals surface area contributed by atoms with Crippen molar-refractivity contribution in [2.24, 2.45) is 0 Å². The van der Waals surface area contributed by atoms with Gasteiger partial charge < -0.3 is 7.43 Å². The third-order valence-corrected chi connectivity index (χ3v) is 2.15. The first kappa shape index (κ1) is 24.7. The number of halogens is 2. The van der Waals surface area contributed by atoms with Crippen molar-refractivity contribution >= 4 is 42.5 Å². The number of fused-ring (bicyclic) bond motifs is 1. The van der Waals surface area contributed by atoms with E-state index in [0.717, 1.165) is 0 Å². The number of hydrogen-bond donors (Lipinski definition) is 0. The van der Waals surface area contributed by atoms with Crippen molar-refractivity contribution in [2.75, 3.05) is 0 Å². The molecule has 0 bridgehead atoms. The zero-order chi connectivity index (χ0) is 12.3. The number of benzene rings is 2. The van der Waals surface area contributed by atoms with Gasteiger partial charge in [0.1, 0.15) is 0 Å². The van der Waals surface area contributed by atoms with E-state index in [-0.39, 0.29) is 32.2 Å². The summed E-state index contributed by atoms with van der Waals surface area (Å²) in [6.45, 7) is 3.06. The molecule has 0 saturated heterocycles. The summed E-state index contributed by atoms with van der Waals surface area (Å²) in [7, 11) is 0. The molecule has 3 aromatic rings. The molecule has 0 atom stereocenters. The fourth-order valence-corrected chi connectivity index (χ4v) is 1.41. The van der Waals surface area contributed by atoms with Crippen LogP contribution >= 0.6 is 24.8 Å². The molecule has 2 radical (unpaired) electrons. The number of rotatable bonds is 0. The van der Waals surface area contributed by atoms with Crippen LogP contribution in [-0.2, 0) is 23.3 Å². The van der Waals surface area contributed by atoms with Crippen LogP contribution in [-0.4, -0.2) is 6.88 Å². The second kappa shape index (κ2) is 16.8. The van der Waals surface area contributed by atoms with E-state index in [4.69, 9.17) is 0 Å². The minimum atomic E-state index is 0. The monoisotopic (exact) mass is 397 g/mol. The third-order valence-electron chi connectivity index (χ3n) is 2.15. The van der Waals surface area contributed by atoms with E-state index in [1.165, 1.54) is 34.1 Å². The molecule has 4 heteroatoms. The Bertz CT molecular complexity index is 469. The number of hydrogen-bond acceptors (Lipinski definition) is 0. The Morgan fingerprint density at radius 1 is 0.850 bits per heavy atom. The molecule has 0 nitrogen and oxygen atoms in total. The van der Waals surface area contributed by atoms with Crippen LogP contribution in [0.3, 0.4) is 0 Å². The Morgan fingerprint density at radius 2 is 1.45 bits per heavy atom. The molecule has 20 heavy (non-hydrogen) atoms. The van der Waals surface area contributed by atoms with Crippen molar-refractivity contribution in [3.05, 3.63) is 86.3 Å². The summed E-state index contributed by atoms with van der Waals surface area (Å²) in [6, 6.07) is 27.2. The summed E-state index contributed by atoms with van der Waals surface area (Å²) in [6.07, 6.45) is 0. The van der Waals surface area contributed by atoms with Crippen LogP contribution in [0, 0.1) is 13.5 Å². The maximum absolute atomic E-state index is 3.06. The topological polar surface area (TPSA) is 0 Å². The normalized spacial score (nSPS) is 7.15. The first-order valence-electron chi connectivity index (χ1n) is 5.23. The van der Waals surface area contributed by atoms with Crippen molar-refractivity contribution in [1.29, 1.82) is 0 Å². The van der Waals surface area contributed by atoms with Gasteiger partial charge in [0, 0.05) is 0 Å². The van der Waals surface area contributed by atoms with E-state index < -0.39 is 0 Å². The molecule has 0 fully saturated rings. The fourth-order valence-electron chi connectivity index (χ4n) is 1.41. The van der Waals surface area contributed by atoms with Crippen LogP contribution in [0.4, 0.5) is 0 Å². The Hall–Kier alpha value is -0.270. The van der Waals surface area contributed by atoms with Gasteiger partial charge >= 0.3 is 30.2 Å². The van der Waals surface area contributed by atoms with Crippen molar-refractivity contribution < 1.29 is 23.3 Å². The van der Waals surface area contributed by atoms with Gasteiger partial charge in [-0.1, -0.05) is 6.07 Å². The van der Waals surface area contributed by atoms with Crippen molar-refractivity contribution in [1.82, 2.24) is 0 Å². The van der Waals surface area contributed by atoms with Crippen LogP contribution in [0.5, 0.6) is 0 Å². The van der Waals surface area contributed by atoms with E-state index in [9.17, 15) is 0 Å².